The van der Waals surface area contributed by atoms with Crippen LogP contribution in [0.2, 0.25) is 0 Å². The van der Waals surface area contributed by atoms with Crippen LogP contribution in [0.1, 0.15) is 13.3 Å². The molecule has 1 saturated heterocycles. The first-order valence-corrected chi connectivity index (χ1v) is 8.27. The van der Waals surface area contributed by atoms with Crippen molar-refractivity contribution in [3.05, 3.63) is 0 Å². The molecule has 0 aromatic carbocycles. The van der Waals surface area contributed by atoms with E-state index in [1.807, 2.05) is 0 Å². The van der Waals surface area contributed by atoms with E-state index in [0.29, 0.717) is 13.1 Å². The summed E-state index contributed by atoms with van der Waals surface area (Å²) in [6.07, 6.45) is 1.06. The van der Waals surface area contributed by atoms with Gasteiger partial charge in [-0.25, -0.2) is 8.42 Å². The Bertz CT molecular complexity index is 353. The third kappa shape index (κ3) is 5.68. The Morgan fingerprint density at radius 2 is 1.83 bits per heavy atom. The van der Waals surface area contributed by atoms with Gasteiger partial charge in [-0.3, -0.25) is 9.89 Å². The lowest BCUT2D eigenvalue weighted by Crippen LogP contribution is -2.46. The van der Waals surface area contributed by atoms with Gasteiger partial charge in [0.2, 0.25) is 0 Å². The van der Waals surface area contributed by atoms with Crippen LogP contribution >= 0.6 is 0 Å². The number of hydrogen-bond donors (Lipinski definition) is 2. The molecule has 0 aromatic heterocycles. The van der Waals surface area contributed by atoms with E-state index in [2.05, 4.69) is 27.4 Å². The second-order valence-corrected chi connectivity index (χ2v) is 6.72. The monoisotopic (exact) mass is 276 g/mol. The normalized spacial score (nSPS) is 20.7. The molecule has 0 amide bonds. The molecule has 1 heterocycles. The Balaban J connectivity index is 2.18. The first-order valence-electron chi connectivity index (χ1n) is 6.44. The summed E-state index contributed by atoms with van der Waals surface area (Å²) in [6, 6.07) is 0. The van der Waals surface area contributed by atoms with Gasteiger partial charge in [0.1, 0.15) is 0 Å². The van der Waals surface area contributed by atoms with Gasteiger partial charge in [-0.05, 0) is 6.42 Å². The summed E-state index contributed by atoms with van der Waals surface area (Å²) in [6.45, 7) is 5.93. The van der Waals surface area contributed by atoms with Gasteiger partial charge in [0.05, 0.1) is 11.5 Å². The number of nitrogens with zero attached hydrogens (tertiary/aromatic N) is 2. The maximum Gasteiger partial charge on any atom is 0.191 e. The molecule has 1 rings (SSSR count). The molecule has 0 unspecified atom stereocenters. The third-order valence-corrected chi connectivity index (χ3v) is 4.53. The number of rotatable bonds is 5. The highest BCUT2D eigenvalue weighted by atomic mass is 32.2. The van der Waals surface area contributed by atoms with Gasteiger partial charge < -0.3 is 10.6 Å². The Labute approximate surface area is 110 Å². The SMILES string of the molecule is CCCNC(=NC)NCCN1CCS(=O)(=O)CC1. The first-order chi connectivity index (χ1) is 8.57. The maximum absolute atomic E-state index is 11.3. The van der Waals surface area contributed by atoms with Crippen molar-refractivity contribution in [2.75, 3.05) is 51.3 Å². The van der Waals surface area contributed by atoms with Crippen LogP contribution in [-0.2, 0) is 9.84 Å². The van der Waals surface area contributed by atoms with Gasteiger partial charge >= 0.3 is 0 Å². The Morgan fingerprint density at radius 1 is 1.22 bits per heavy atom. The molecule has 0 spiro atoms. The molecule has 106 valence electrons. The molecule has 1 aliphatic rings. The quantitative estimate of drug-likeness (QED) is 0.513. The van der Waals surface area contributed by atoms with E-state index >= 15 is 0 Å². The lowest BCUT2D eigenvalue weighted by Gasteiger charge is -2.26. The molecule has 2 N–H and O–H groups in total. The van der Waals surface area contributed by atoms with Crippen molar-refractivity contribution in [2.45, 2.75) is 13.3 Å². The van der Waals surface area contributed by atoms with Crippen LogP contribution in [-0.4, -0.2) is 70.6 Å². The summed E-state index contributed by atoms with van der Waals surface area (Å²) < 4.78 is 22.5. The molecule has 0 aromatic rings. The summed E-state index contributed by atoms with van der Waals surface area (Å²) in [5.74, 6) is 1.38. The summed E-state index contributed by atoms with van der Waals surface area (Å²) in [5, 5.41) is 6.41. The fourth-order valence-electron chi connectivity index (χ4n) is 1.77. The summed E-state index contributed by atoms with van der Waals surface area (Å²) >= 11 is 0. The smallest absolute Gasteiger partial charge is 0.191 e. The number of sulfone groups is 1. The van der Waals surface area contributed by atoms with Crippen LogP contribution in [0.3, 0.4) is 0 Å². The number of nitrogens with one attached hydrogen (secondary N) is 2. The summed E-state index contributed by atoms with van der Waals surface area (Å²) in [4.78, 5) is 6.28. The van der Waals surface area contributed by atoms with Crippen LogP contribution in [0.4, 0.5) is 0 Å². The highest BCUT2D eigenvalue weighted by Gasteiger charge is 2.20. The highest BCUT2D eigenvalue weighted by molar-refractivity contribution is 7.91. The van der Waals surface area contributed by atoms with Gasteiger partial charge in [-0.1, -0.05) is 6.92 Å². The van der Waals surface area contributed by atoms with Gasteiger partial charge in [-0.15, -0.1) is 0 Å². The lowest BCUT2D eigenvalue weighted by molar-refractivity contribution is 0.299. The average molecular weight is 276 g/mol. The number of aliphatic imine (C=N–C) groups is 1. The predicted octanol–water partition coefficient (Wildman–Crippen LogP) is -0.708. The molecule has 0 atom stereocenters. The zero-order chi connectivity index (χ0) is 13.4. The van der Waals surface area contributed by atoms with Crippen molar-refractivity contribution in [3.8, 4) is 0 Å². The summed E-state index contributed by atoms with van der Waals surface area (Å²) in [7, 11) is -1.02. The zero-order valence-corrected chi connectivity index (χ0v) is 12.1. The van der Waals surface area contributed by atoms with Crippen molar-refractivity contribution >= 4 is 15.8 Å². The molecule has 7 heteroatoms. The van der Waals surface area contributed by atoms with Gasteiger partial charge in [0.25, 0.3) is 0 Å². The molecule has 1 aliphatic heterocycles. The molecule has 0 bridgehead atoms. The fraction of sp³-hybridized carbons (Fsp3) is 0.909. The van der Waals surface area contributed by atoms with Crippen molar-refractivity contribution in [1.82, 2.24) is 15.5 Å². The maximum atomic E-state index is 11.3. The van der Waals surface area contributed by atoms with E-state index in [1.54, 1.807) is 7.05 Å². The second-order valence-electron chi connectivity index (χ2n) is 4.42. The molecule has 0 saturated carbocycles. The molecule has 0 radical (unpaired) electrons. The van der Waals surface area contributed by atoms with Crippen LogP contribution < -0.4 is 10.6 Å². The van der Waals surface area contributed by atoms with E-state index in [0.717, 1.165) is 32.0 Å². The first kappa shape index (κ1) is 15.2. The molecular weight excluding hydrogens is 252 g/mol. The lowest BCUT2D eigenvalue weighted by atomic mass is 10.4. The highest BCUT2D eigenvalue weighted by Crippen LogP contribution is 2.02. The average Bonchev–Trinajstić information content (AvgIpc) is 2.35. The Morgan fingerprint density at radius 3 is 2.39 bits per heavy atom. The minimum absolute atomic E-state index is 0.288. The fourth-order valence-corrected chi connectivity index (χ4v) is 3.05. The zero-order valence-electron chi connectivity index (χ0n) is 11.3. The third-order valence-electron chi connectivity index (χ3n) is 2.92. The van der Waals surface area contributed by atoms with Gasteiger partial charge in [0.15, 0.2) is 15.8 Å². The van der Waals surface area contributed by atoms with Gasteiger partial charge in [-0.2, -0.15) is 0 Å². The van der Waals surface area contributed by atoms with Gasteiger partial charge in [0, 0.05) is 39.8 Å². The molecule has 0 aliphatic carbocycles. The van der Waals surface area contributed by atoms with E-state index in [4.69, 9.17) is 0 Å². The topological polar surface area (TPSA) is 73.8 Å². The minimum Gasteiger partial charge on any atom is -0.356 e. The van der Waals surface area contributed by atoms with Crippen molar-refractivity contribution in [3.63, 3.8) is 0 Å². The van der Waals surface area contributed by atoms with Crippen molar-refractivity contribution in [1.29, 1.82) is 0 Å². The number of guanidine groups is 1. The van der Waals surface area contributed by atoms with Crippen LogP contribution in [0.25, 0.3) is 0 Å². The molecular formula is C11H24N4O2S. The standard InChI is InChI=1S/C11H24N4O2S/c1-3-4-13-11(12-2)14-5-6-15-7-9-18(16,17)10-8-15/h3-10H2,1-2H3,(H2,12,13,14). The van der Waals surface area contributed by atoms with E-state index in [-0.39, 0.29) is 11.5 Å². The summed E-state index contributed by atoms with van der Waals surface area (Å²) in [5.41, 5.74) is 0. The van der Waals surface area contributed by atoms with Crippen molar-refractivity contribution in [2.24, 2.45) is 4.99 Å². The number of hydrogen-bond acceptors (Lipinski definition) is 4. The van der Waals surface area contributed by atoms with Crippen LogP contribution in [0.5, 0.6) is 0 Å². The van der Waals surface area contributed by atoms with Crippen LogP contribution in [0.15, 0.2) is 4.99 Å². The Kier molecular flexibility index (Phi) is 6.42. The molecule has 1 fully saturated rings. The second kappa shape index (κ2) is 7.58. The minimum atomic E-state index is -2.77. The molecule has 6 nitrogen and oxygen atoms in total. The van der Waals surface area contributed by atoms with E-state index in [1.165, 1.54) is 0 Å². The largest absolute Gasteiger partial charge is 0.356 e. The Hall–Kier alpha value is -0.820. The van der Waals surface area contributed by atoms with E-state index in [9.17, 15) is 8.42 Å². The van der Waals surface area contributed by atoms with Crippen molar-refractivity contribution < 1.29 is 8.42 Å². The van der Waals surface area contributed by atoms with Crippen LogP contribution in [0, 0.1) is 0 Å². The predicted molar refractivity (Wildman–Crippen MR) is 74.7 cm³/mol. The molecule has 18 heavy (non-hydrogen) atoms. The van der Waals surface area contributed by atoms with E-state index < -0.39 is 9.84 Å².